The van der Waals surface area contributed by atoms with Crippen LogP contribution in [0.5, 0.6) is 5.75 Å². The van der Waals surface area contributed by atoms with E-state index in [1.165, 1.54) is 0 Å². The number of β-amino-alcohol motifs (C(OH)–C–C–N with tert-alkyl or cyclic N) is 1. The van der Waals surface area contributed by atoms with Crippen molar-refractivity contribution in [2.45, 2.75) is 18.9 Å². The number of nitrogens with zero attached hydrogens (tertiary/aromatic N) is 1. The maximum atomic E-state index is 9.36. The summed E-state index contributed by atoms with van der Waals surface area (Å²) in [5.74, 6) is 0.934. The summed E-state index contributed by atoms with van der Waals surface area (Å²) in [6.45, 7) is 3.61. The molecule has 3 nitrogen and oxygen atoms in total. The molecular weight excluding hydrogens is 202 g/mol. The molecule has 0 bridgehead atoms. The highest BCUT2D eigenvalue weighted by molar-refractivity contribution is 5.20. The van der Waals surface area contributed by atoms with Gasteiger partial charge in [-0.3, -0.25) is 0 Å². The summed E-state index contributed by atoms with van der Waals surface area (Å²) in [7, 11) is 0. The Hall–Kier alpha value is -1.06. The van der Waals surface area contributed by atoms with Gasteiger partial charge in [-0.1, -0.05) is 18.2 Å². The van der Waals surface area contributed by atoms with Gasteiger partial charge in [-0.15, -0.1) is 0 Å². The third-order valence-corrected chi connectivity index (χ3v) is 2.88. The van der Waals surface area contributed by atoms with Crippen molar-refractivity contribution >= 4 is 0 Å². The number of hydrogen-bond donors (Lipinski definition) is 1. The van der Waals surface area contributed by atoms with Crippen molar-refractivity contribution in [3.63, 3.8) is 0 Å². The number of benzene rings is 1. The van der Waals surface area contributed by atoms with Crippen molar-refractivity contribution in [3.05, 3.63) is 30.3 Å². The number of hydrogen-bond acceptors (Lipinski definition) is 3. The van der Waals surface area contributed by atoms with Gasteiger partial charge in [0.15, 0.2) is 0 Å². The van der Waals surface area contributed by atoms with Gasteiger partial charge in [0.05, 0.1) is 12.7 Å². The second-order valence-corrected chi connectivity index (χ2v) is 4.26. The molecule has 0 aliphatic carbocycles. The lowest BCUT2D eigenvalue weighted by atomic mass is 10.3. The molecule has 3 heteroatoms. The molecule has 1 N–H and O–H groups in total. The van der Waals surface area contributed by atoms with Crippen molar-refractivity contribution in [1.29, 1.82) is 0 Å². The standard InChI is InChI=1S/C13H19NO2/c15-12-7-9-14(11-12)8-4-10-16-13-5-2-1-3-6-13/h1-3,5-6,12,15H,4,7-11H2/t12-/m1/s1. The van der Waals surface area contributed by atoms with E-state index < -0.39 is 0 Å². The largest absolute Gasteiger partial charge is 0.494 e. The maximum absolute atomic E-state index is 9.36. The number of rotatable bonds is 5. The van der Waals surface area contributed by atoms with Gasteiger partial charge in [-0.05, 0) is 25.0 Å². The van der Waals surface area contributed by atoms with Gasteiger partial charge >= 0.3 is 0 Å². The van der Waals surface area contributed by atoms with Crippen LogP contribution in [0.3, 0.4) is 0 Å². The van der Waals surface area contributed by atoms with Crippen LogP contribution in [0.15, 0.2) is 30.3 Å². The maximum Gasteiger partial charge on any atom is 0.119 e. The van der Waals surface area contributed by atoms with E-state index in [0.717, 1.165) is 44.8 Å². The van der Waals surface area contributed by atoms with E-state index in [4.69, 9.17) is 4.74 Å². The zero-order valence-corrected chi connectivity index (χ0v) is 9.51. The average Bonchev–Trinajstić information content (AvgIpc) is 2.72. The second kappa shape index (κ2) is 5.87. The van der Waals surface area contributed by atoms with E-state index in [9.17, 15) is 5.11 Å². The molecule has 0 aromatic heterocycles. The minimum atomic E-state index is -0.116. The van der Waals surface area contributed by atoms with Crippen LogP contribution in [-0.2, 0) is 0 Å². The SMILES string of the molecule is O[C@@H]1CCN(CCCOc2ccccc2)C1. The molecule has 0 spiro atoms. The highest BCUT2D eigenvalue weighted by atomic mass is 16.5. The molecule has 88 valence electrons. The molecule has 1 aliphatic heterocycles. The van der Waals surface area contributed by atoms with Crippen molar-refractivity contribution in [2.24, 2.45) is 0 Å². The van der Waals surface area contributed by atoms with Crippen LogP contribution in [0.4, 0.5) is 0 Å². The van der Waals surface area contributed by atoms with E-state index in [1.54, 1.807) is 0 Å². The molecule has 16 heavy (non-hydrogen) atoms. The van der Waals surface area contributed by atoms with Gasteiger partial charge in [-0.25, -0.2) is 0 Å². The molecule has 0 unspecified atom stereocenters. The molecule has 1 heterocycles. The van der Waals surface area contributed by atoms with E-state index in [2.05, 4.69) is 4.90 Å². The smallest absolute Gasteiger partial charge is 0.119 e. The van der Waals surface area contributed by atoms with E-state index in [0.29, 0.717) is 0 Å². The molecule has 1 aromatic carbocycles. The lowest BCUT2D eigenvalue weighted by Crippen LogP contribution is -2.24. The fourth-order valence-electron chi connectivity index (χ4n) is 2.01. The Labute approximate surface area is 96.6 Å². The third-order valence-electron chi connectivity index (χ3n) is 2.88. The summed E-state index contributed by atoms with van der Waals surface area (Å²) in [5, 5.41) is 9.36. The number of ether oxygens (including phenoxy) is 1. The monoisotopic (exact) mass is 221 g/mol. The lowest BCUT2D eigenvalue weighted by molar-refractivity contribution is 0.173. The first kappa shape index (κ1) is 11.4. The average molecular weight is 221 g/mol. The first-order valence-corrected chi connectivity index (χ1v) is 5.93. The lowest BCUT2D eigenvalue weighted by Gasteiger charge is -2.14. The molecule has 1 fully saturated rings. The van der Waals surface area contributed by atoms with Crippen LogP contribution in [0.1, 0.15) is 12.8 Å². The van der Waals surface area contributed by atoms with E-state index in [1.807, 2.05) is 30.3 Å². The Balaban J connectivity index is 1.59. The molecular formula is C13H19NO2. The fraction of sp³-hybridized carbons (Fsp3) is 0.538. The predicted octanol–water partition coefficient (Wildman–Crippen LogP) is 1.52. The number of aliphatic hydroxyl groups is 1. The van der Waals surface area contributed by atoms with Gasteiger partial charge in [-0.2, -0.15) is 0 Å². The van der Waals surface area contributed by atoms with Gasteiger partial charge in [0.2, 0.25) is 0 Å². The van der Waals surface area contributed by atoms with Crippen molar-refractivity contribution in [1.82, 2.24) is 4.90 Å². The highest BCUT2D eigenvalue weighted by Gasteiger charge is 2.18. The molecule has 1 saturated heterocycles. The number of likely N-dealkylation sites (tertiary alicyclic amines) is 1. The first-order chi connectivity index (χ1) is 7.84. The van der Waals surface area contributed by atoms with Crippen LogP contribution in [0.25, 0.3) is 0 Å². The van der Waals surface area contributed by atoms with Crippen LogP contribution >= 0.6 is 0 Å². The van der Waals surface area contributed by atoms with Crippen LogP contribution < -0.4 is 4.74 Å². The second-order valence-electron chi connectivity index (χ2n) is 4.26. The first-order valence-electron chi connectivity index (χ1n) is 5.93. The predicted molar refractivity (Wildman–Crippen MR) is 63.6 cm³/mol. The van der Waals surface area contributed by atoms with E-state index in [-0.39, 0.29) is 6.10 Å². The van der Waals surface area contributed by atoms with Crippen LogP contribution in [0.2, 0.25) is 0 Å². The fourth-order valence-corrected chi connectivity index (χ4v) is 2.01. The normalized spacial score (nSPS) is 21.2. The molecule has 0 saturated carbocycles. The van der Waals surface area contributed by atoms with Crippen LogP contribution in [-0.4, -0.2) is 42.4 Å². The summed E-state index contributed by atoms with van der Waals surface area (Å²) >= 11 is 0. The summed E-state index contributed by atoms with van der Waals surface area (Å²) < 4.78 is 5.60. The van der Waals surface area contributed by atoms with Crippen LogP contribution in [0, 0.1) is 0 Å². The molecule has 0 radical (unpaired) electrons. The molecule has 1 atom stereocenters. The Morgan fingerprint density at radius 1 is 1.31 bits per heavy atom. The highest BCUT2D eigenvalue weighted by Crippen LogP contribution is 2.10. The van der Waals surface area contributed by atoms with E-state index >= 15 is 0 Å². The molecule has 1 aromatic rings. The van der Waals surface area contributed by atoms with Crippen molar-refractivity contribution in [2.75, 3.05) is 26.2 Å². The zero-order chi connectivity index (χ0) is 11.2. The minimum absolute atomic E-state index is 0.116. The van der Waals surface area contributed by atoms with Gasteiger partial charge in [0.25, 0.3) is 0 Å². The zero-order valence-electron chi connectivity index (χ0n) is 9.51. The summed E-state index contributed by atoms with van der Waals surface area (Å²) in [6.07, 6.45) is 1.82. The minimum Gasteiger partial charge on any atom is -0.494 e. The van der Waals surface area contributed by atoms with Gasteiger partial charge < -0.3 is 14.7 Å². The molecule has 1 aliphatic rings. The number of para-hydroxylation sites is 1. The third kappa shape index (κ3) is 3.51. The Bertz CT molecular complexity index is 302. The van der Waals surface area contributed by atoms with Crippen molar-refractivity contribution < 1.29 is 9.84 Å². The van der Waals surface area contributed by atoms with Gasteiger partial charge in [0, 0.05) is 19.6 Å². The molecule has 0 amide bonds. The number of aliphatic hydroxyl groups excluding tert-OH is 1. The Morgan fingerprint density at radius 3 is 2.81 bits per heavy atom. The van der Waals surface area contributed by atoms with Gasteiger partial charge in [0.1, 0.15) is 5.75 Å². The topological polar surface area (TPSA) is 32.7 Å². The van der Waals surface area contributed by atoms with Crippen molar-refractivity contribution in [3.8, 4) is 5.75 Å². The summed E-state index contributed by atoms with van der Waals surface area (Å²) in [5.41, 5.74) is 0. The molecule has 2 rings (SSSR count). The quantitative estimate of drug-likeness (QED) is 0.765. The summed E-state index contributed by atoms with van der Waals surface area (Å²) in [6, 6.07) is 9.88. The summed E-state index contributed by atoms with van der Waals surface area (Å²) in [4.78, 5) is 2.29. The Kier molecular flexibility index (Phi) is 4.19. The Morgan fingerprint density at radius 2 is 2.12 bits per heavy atom.